The van der Waals surface area contributed by atoms with Crippen molar-refractivity contribution in [1.29, 1.82) is 0 Å². The number of hydrogen-bond acceptors (Lipinski definition) is 6. The number of methoxy groups -OCH3 is 1. The number of likely N-dealkylation sites (tertiary alicyclic amines) is 1. The number of aryl methyl sites for hydroxylation is 1. The van der Waals surface area contributed by atoms with Gasteiger partial charge < -0.3 is 19.0 Å². The molecule has 3 heterocycles. The minimum Gasteiger partial charge on any atom is -0.496 e. The average Bonchev–Trinajstić information content (AvgIpc) is 3.41. The van der Waals surface area contributed by atoms with Crippen molar-refractivity contribution in [1.82, 2.24) is 4.90 Å². The minimum atomic E-state index is -0.562. The summed E-state index contributed by atoms with van der Waals surface area (Å²) in [6, 6.07) is 16.3. The molecule has 0 amide bonds. The van der Waals surface area contributed by atoms with E-state index in [0.29, 0.717) is 12.5 Å². The van der Waals surface area contributed by atoms with Crippen LogP contribution in [0.15, 0.2) is 52.9 Å². The summed E-state index contributed by atoms with van der Waals surface area (Å²) >= 11 is 1.88. The number of fused-ring (bicyclic) bond motifs is 2. The van der Waals surface area contributed by atoms with E-state index in [1.807, 2.05) is 48.6 Å². The lowest BCUT2D eigenvalue weighted by Crippen LogP contribution is -2.52. The van der Waals surface area contributed by atoms with Crippen LogP contribution in [0.1, 0.15) is 43.2 Å². The van der Waals surface area contributed by atoms with Crippen molar-refractivity contribution in [2.24, 2.45) is 0 Å². The molecule has 1 aliphatic heterocycles. The molecule has 1 aliphatic rings. The van der Waals surface area contributed by atoms with Gasteiger partial charge >= 0.3 is 0 Å². The molecule has 0 radical (unpaired) electrons. The van der Waals surface area contributed by atoms with Gasteiger partial charge in [0.1, 0.15) is 35.6 Å². The molecule has 1 fully saturated rings. The molecule has 0 bridgehead atoms. The van der Waals surface area contributed by atoms with E-state index in [0.717, 1.165) is 47.6 Å². The first-order valence-corrected chi connectivity index (χ1v) is 12.8. The molecular formula is C28H33NO4S. The number of β-amino-alcohol motifs (C(OH)–C–C–N with tert-alkyl or cyclic N) is 1. The van der Waals surface area contributed by atoms with Crippen LogP contribution in [0.5, 0.6) is 11.5 Å². The highest BCUT2D eigenvalue weighted by Crippen LogP contribution is 2.43. The predicted molar refractivity (Wildman–Crippen MR) is 138 cm³/mol. The smallest absolute Gasteiger partial charge is 0.137 e. The number of piperidine rings is 1. The number of rotatable bonds is 7. The molecule has 6 heteroatoms. The molecule has 5 nitrogen and oxygen atoms in total. The Labute approximate surface area is 204 Å². The van der Waals surface area contributed by atoms with Crippen LogP contribution in [0.25, 0.3) is 21.1 Å². The number of benzene rings is 2. The lowest BCUT2D eigenvalue weighted by Gasteiger charge is -2.46. The molecule has 0 aliphatic carbocycles. The van der Waals surface area contributed by atoms with E-state index in [-0.39, 0.29) is 12.1 Å². The van der Waals surface area contributed by atoms with Crippen LogP contribution in [0, 0.1) is 6.92 Å². The second-order valence-corrected chi connectivity index (χ2v) is 11.1. The Morgan fingerprint density at radius 1 is 1.15 bits per heavy atom. The Morgan fingerprint density at radius 2 is 1.94 bits per heavy atom. The van der Waals surface area contributed by atoms with Crippen molar-refractivity contribution in [2.75, 3.05) is 26.8 Å². The summed E-state index contributed by atoms with van der Waals surface area (Å²) < 4.78 is 18.5. The van der Waals surface area contributed by atoms with Gasteiger partial charge in [-0.1, -0.05) is 12.1 Å². The Hall–Kier alpha value is -2.54. The fraction of sp³-hybridized carbons (Fsp3) is 0.429. The molecule has 1 N–H and O–H groups in total. The average molecular weight is 480 g/mol. The van der Waals surface area contributed by atoms with Crippen LogP contribution in [0.3, 0.4) is 0 Å². The predicted octanol–water partition coefficient (Wildman–Crippen LogP) is 6.36. The maximum atomic E-state index is 10.8. The maximum absolute atomic E-state index is 10.8. The molecule has 4 aromatic rings. The van der Waals surface area contributed by atoms with Gasteiger partial charge in [-0.25, -0.2) is 0 Å². The van der Waals surface area contributed by atoms with Crippen LogP contribution >= 0.6 is 11.3 Å². The zero-order valence-corrected chi connectivity index (χ0v) is 21.2. The highest BCUT2D eigenvalue weighted by atomic mass is 32.1. The van der Waals surface area contributed by atoms with Crippen molar-refractivity contribution in [2.45, 2.75) is 51.2 Å². The summed E-state index contributed by atoms with van der Waals surface area (Å²) in [6.07, 6.45) is 1.58. The van der Waals surface area contributed by atoms with Crippen molar-refractivity contribution < 1.29 is 19.0 Å². The first kappa shape index (κ1) is 23.2. The summed E-state index contributed by atoms with van der Waals surface area (Å²) in [5.74, 6) is 3.07. The SMILES string of the molecule is COc1cccc2sc(C3CCN(C[C@H](O)COc4cccc5oc(C)cc45)C(C)(C)C3)cc12. The third-order valence-corrected chi connectivity index (χ3v) is 8.28. The van der Waals surface area contributed by atoms with Crippen molar-refractivity contribution in [3.8, 4) is 11.5 Å². The molecule has 2 aromatic carbocycles. The van der Waals surface area contributed by atoms with E-state index < -0.39 is 6.10 Å². The fourth-order valence-corrected chi connectivity index (χ4v) is 6.46. The van der Waals surface area contributed by atoms with E-state index in [1.165, 1.54) is 15.0 Å². The topological polar surface area (TPSA) is 55.1 Å². The molecule has 0 spiro atoms. The van der Waals surface area contributed by atoms with Gasteiger partial charge in [-0.2, -0.15) is 0 Å². The lowest BCUT2D eigenvalue weighted by atomic mass is 9.81. The minimum absolute atomic E-state index is 0.00809. The third kappa shape index (κ3) is 4.54. The van der Waals surface area contributed by atoms with Gasteiger partial charge in [0.05, 0.1) is 12.5 Å². The summed E-state index contributed by atoms with van der Waals surface area (Å²) in [5.41, 5.74) is 0.804. The highest BCUT2D eigenvalue weighted by molar-refractivity contribution is 7.19. The van der Waals surface area contributed by atoms with E-state index in [4.69, 9.17) is 13.9 Å². The molecule has 1 saturated heterocycles. The molecule has 180 valence electrons. The van der Waals surface area contributed by atoms with E-state index in [9.17, 15) is 5.11 Å². The number of furan rings is 1. The summed E-state index contributed by atoms with van der Waals surface area (Å²) in [7, 11) is 1.74. The number of aliphatic hydroxyl groups excluding tert-OH is 1. The molecule has 1 unspecified atom stereocenters. The first-order chi connectivity index (χ1) is 16.3. The van der Waals surface area contributed by atoms with Crippen molar-refractivity contribution >= 4 is 32.4 Å². The standard InChI is InChI=1S/C28H33NO4S/c1-18-13-21-24(8-5-9-25(21)33-18)32-17-20(30)16-29-12-11-19(15-28(29,2)3)27-14-22-23(31-4)7-6-10-26(22)34-27/h5-10,13-14,19-20,30H,11-12,15-17H2,1-4H3/t19?,20-/m0/s1. The van der Waals surface area contributed by atoms with Gasteiger partial charge in [-0.3, -0.25) is 4.90 Å². The van der Waals surface area contributed by atoms with E-state index in [1.54, 1.807) is 7.11 Å². The van der Waals surface area contributed by atoms with Gasteiger partial charge in [0.25, 0.3) is 0 Å². The number of hydrogen-bond donors (Lipinski definition) is 1. The normalized spacial score (nSPS) is 19.5. The third-order valence-electron chi connectivity index (χ3n) is 7.02. The summed E-state index contributed by atoms with van der Waals surface area (Å²) in [5, 5.41) is 13.0. The van der Waals surface area contributed by atoms with Gasteiger partial charge in [-0.05, 0) is 82.5 Å². The maximum Gasteiger partial charge on any atom is 0.137 e. The van der Waals surface area contributed by atoms with Gasteiger partial charge in [0.15, 0.2) is 0 Å². The van der Waals surface area contributed by atoms with E-state index in [2.05, 4.69) is 36.9 Å². The quantitative estimate of drug-likeness (QED) is 0.334. The monoisotopic (exact) mass is 479 g/mol. The number of aliphatic hydroxyl groups is 1. The van der Waals surface area contributed by atoms with Gasteiger partial charge in [0.2, 0.25) is 0 Å². The Morgan fingerprint density at radius 3 is 2.74 bits per heavy atom. The van der Waals surface area contributed by atoms with Crippen molar-refractivity contribution in [3.05, 3.63) is 59.2 Å². The fourth-order valence-electron chi connectivity index (χ4n) is 5.24. The second-order valence-electron chi connectivity index (χ2n) is 9.96. The molecule has 34 heavy (non-hydrogen) atoms. The first-order valence-electron chi connectivity index (χ1n) is 12.0. The Balaban J connectivity index is 1.22. The zero-order valence-electron chi connectivity index (χ0n) is 20.3. The second kappa shape index (κ2) is 9.25. The van der Waals surface area contributed by atoms with Crippen LogP contribution in [0.2, 0.25) is 0 Å². The molecule has 0 saturated carbocycles. The van der Waals surface area contributed by atoms with E-state index >= 15 is 0 Å². The van der Waals surface area contributed by atoms with Gasteiger partial charge in [0, 0.05) is 27.0 Å². The lowest BCUT2D eigenvalue weighted by molar-refractivity contribution is 0.00396. The van der Waals surface area contributed by atoms with Gasteiger partial charge in [-0.15, -0.1) is 11.3 Å². The zero-order chi connectivity index (χ0) is 23.9. The van der Waals surface area contributed by atoms with Crippen molar-refractivity contribution in [3.63, 3.8) is 0 Å². The highest BCUT2D eigenvalue weighted by Gasteiger charge is 2.36. The Bertz CT molecular complexity index is 1290. The molecule has 5 rings (SSSR count). The largest absolute Gasteiger partial charge is 0.496 e. The van der Waals surface area contributed by atoms with Crippen LogP contribution in [-0.2, 0) is 0 Å². The number of thiophene rings is 1. The number of nitrogens with zero attached hydrogens (tertiary/aromatic N) is 1. The van der Waals surface area contributed by atoms with Crippen LogP contribution in [-0.4, -0.2) is 48.5 Å². The number of ether oxygens (including phenoxy) is 2. The van der Waals surface area contributed by atoms with Crippen LogP contribution < -0.4 is 9.47 Å². The summed E-state index contributed by atoms with van der Waals surface area (Å²) in [4.78, 5) is 3.84. The van der Waals surface area contributed by atoms with Crippen LogP contribution in [0.4, 0.5) is 0 Å². The Kier molecular flexibility index (Phi) is 6.32. The molecule has 2 atom stereocenters. The molecule has 2 aromatic heterocycles. The molecular weight excluding hydrogens is 446 g/mol. The summed E-state index contributed by atoms with van der Waals surface area (Å²) in [6.45, 7) is 8.32.